The Morgan fingerprint density at radius 3 is 1.12 bits per heavy atom. The molecule has 0 aromatic heterocycles. The molecule has 5 N–H and O–H groups in total. The summed E-state index contributed by atoms with van der Waals surface area (Å²) in [5.41, 5.74) is 18.4. The van der Waals surface area contributed by atoms with E-state index in [1.807, 2.05) is 0 Å². The lowest BCUT2D eigenvalue weighted by atomic mass is 9.51. The van der Waals surface area contributed by atoms with E-state index in [9.17, 15) is 5.11 Å². The van der Waals surface area contributed by atoms with Gasteiger partial charge in [0, 0.05) is 10.8 Å². The molecule has 48 heavy (non-hydrogen) atoms. The van der Waals surface area contributed by atoms with Crippen LogP contribution in [0.2, 0.25) is 0 Å². The molecule has 0 radical (unpaired) electrons. The maximum absolute atomic E-state index is 11.7. The number of aliphatic hydroxyl groups is 1. The Labute approximate surface area is 289 Å². The average Bonchev–Trinajstić information content (AvgIpc) is 3.12. The second-order valence-corrected chi connectivity index (χ2v) is 13.8. The number of hydrogen-bond donors (Lipinski definition) is 3. The quantitative estimate of drug-likeness (QED) is 0.0539. The van der Waals surface area contributed by atoms with E-state index in [2.05, 4.69) is 166 Å². The molecule has 0 aliphatic carbocycles. The second kappa shape index (κ2) is 15.9. The monoisotopic (exact) mass is 638 g/mol. The molecule has 0 atom stereocenters. The highest BCUT2D eigenvalue weighted by atomic mass is 16.3. The molecule has 5 rings (SSSR count). The van der Waals surface area contributed by atoms with E-state index in [-0.39, 0.29) is 10.8 Å². The number of benzene rings is 5. The zero-order chi connectivity index (χ0) is 33.9. The Balaban J connectivity index is 1.50. The zero-order valence-electron chi connectivity index (χ0n) is 28.9. The van der Waals surface area contributed by atoms with Gasteiger partial charge in [0.25, 0.3) is 0 Å². The van der Waals surface area contributed by atoms with Crippen molar-refractivity contribution in [3.63, 3.8) is 0 Å². The van der Waals surface area contributed by atoms with Crippen molar-refractivity contribution in [2.45, 2.75) is 82.9 Å². The first kappa shape index (κ1) is 35.3. The molecule has 0 amide bonds. The summed E-state index contributed by atoms with van der Waals surface area (Å²) in [5, 5.41) is 11.7. The van der Waals surface area contributed by atoms with E-state index in [1.165, 1.54) is 27.8 Å². The minimum Gasteiger partial charge on any atom is -0.363 e. The van der Waals surface area contributed by atoms with Crippen LogP contribution in [0, 0.1) is 10.8 Å². The molecular formula is C45H54N2O. The van der Waals surface area contributed by atoms with Gasteiger partial charge in [-0.3, -0.25) is 11.5 Å². The normalized spacial score (nSPS) is 12.6. The summed E-state index contributed by atoms with van der Waals surface area (Å²) in [4.78, 5) is 0. The summed E-state index contributed by atoms with van der Waals surface area (Å²) in [5.74, 6) is -1.83. The van der Waals surface area contributed by atoms with Gasteiger partial charge in [-0.15, -0.1) is 0 Å². The Morgan fingerprint density at radius 1 is 0.458 bits per heavy atom. The topological polar surface area (TPSA) is 72.3 Å². The van der Waals surface area contributed by atoms with Crippen LogP contribution in [0.3, 0.4) is 0 Å². The van der Waals surface area contributed by atoms with Crippen LogP contribution >= 0.6 is 0 Å². The van der Waals surface area contributed by atoms with Crippen LogP contribution in [0.15, 0.2) is 152 Å². The maximum Gasteiger partial charge on any atom is 0.173 e. The van der Waals surface area contributed by atoms with Crippen molar-refractivity contribution in [1.82, 2.24) is 0 Å². The minimum atomic E-state index is -1.83. The van der Waals surface area contributed by atoms with Crippen LogP contribution in [0.5, 0.6) is 0 Å². The maximum atomic E-state index is 11.7. The van der Waals surface area contributed by atoms with Crippen molar-refractivity contribution >= 4 is 0 Å². The second-order valence-electron chi connectivity index (χ2n) is 13.8. The molecule has 0 aliphatic rings. The molecule has 250 valence electrons. The van der Waals surface area contributed by atoms with Gasteiger partial charge in [-0.1, -0.05) is 185 Å². The van der Waals surface area contributed by atoms with Crippen molar-refractivity contribution < 1.29 is 5.11 Å². The smallest absolute Gasteiger partial charge is 0.173 e. The van der Waals surface area contributed by atoms with E-state index in [0.29, 0.717) is 12.8 Å². The predicted octanol–water partition coefficient (Wildman–Crippen LogP) is 9.81. The van der Waals surface area contributed by atoms with Crippen molar-refractivity contribution in [3.8, 4) is 0 Å². The third-order valence-electron chi connectivity index (χ3n) is 11.3. The predicted molar refractivity (Wildman–Crippen MR) is 201 cm³/mol. The van der Waals surface area contributed by atoms with Crippen LogP contribution in [-0.2, 0) is 18.3 Å². The molecule has 0 saturated carbocycles. The van der Waals surface area contributed by atoms with Gasteiger partial charge in [0.15, 0.2) is 5.85 Å². The Kier molecular flexibility index (Phi) is 11.7. The van der Waals surface area contributed by atoms with Crippen LogP contribution in [0.1, 0.15) is 86.6 Å². The third kappa shape index (κ3) is 7.34. The van der Waals surface area contributed by atoms with Gasteiger partial charge in [-0.2, -0.15) is 0 Å². The van der Waals surface area contributed by atoms with Crippen LogP contribution < -0.4 is 11.5 Å². The van der Waals surface area contributed by atoms with Gasteiger partial charge in [0.1, 0.15) is 0 Å². The summed E-state index contributed by atoms with van der Waals surface area (Å²) in [7, 11) is 0. The largest absolute Gasteiger partial charge is 0.363 e. The molecule has 0 heterocycles. The molecule has 5 aromatic carbocycles. The molecule has 0 aliphatic heterocycles. The number of unbranched alkanes of at least 4 members (excludes halogenated alkanes) is 2. The lowest BCUT2D eigenvalue weighted by molar-refractivity contribution is -0.161. The molecule has 0 unspecified atom stereocenters. The van der Waals surface area contributed by atoms with E-state index in [0.717, 1.165) is 44.9 Å². The van der Waals surface area contributed by atoms with Crippen LogP contribution in [-0.4, -0.2) is 11.0 Å². The highest BCUT2D eigenvalue weighted by molar-refractivity contribution is 5.50. The van der Waals surface area contributed by atoms with Gasteiger partial charge in [0.2, 0.25) is 0 Å². The lowest BCUT2D eigenvalue weighted by Gasteiger charge is -2.56. The summed E-state index contributed by atoms with van der Waals surface area (Å²) < 4.78 is 0. The van der Waals surface area contributed by atoms with Gasteiger partial charge in [-0.05, 0) is 71.8 Å². The standard InChI is InChI=1S/C45H54N2O/c1-3-43(4-2,45(46,47)48)42(35-37-23-11-5-12-24-37,36-38-25-13-6-14-26-38)33-21-10-22-34-44(39-27-15-7-16-28-39,40-29-17-8-18-30-40)41-31-19-9-20-32-41/h5-9,11-20,23-32,48H,3-4,10,21-22,33-36,46-47H2,1-2H3. The fourth-order valence-electron chi connectivity index (χ4n) is 8.91. The van der Waals surface area contributed by atoms with Gasteiger partial charge in [0.05, 0.1) is 0 Å². The van der Waals surface area contributed by atoms with Crippen molar-refractivity contribution in [3.05, 3.63) is 179 Å². The Bertz CT molecular complexity index is 1490. The highest BCUT2D eigenvalue weighted by Crippen LogP contribution is 2.56. The summed E-state index contributed by atoms with van der Waals surface area (Å²) in [6, 6.07) is 54.3. The molecule has 5 aromatic rings. The number of hydrogen-bond acceptors (Lipinski definition) is 3. The molecule has 0 saturated heterocycles. The van der Waals surface area contributed by atoms with Gasteiger partial charge < -0.3 is 5.11 Å². The SMILES string of the molecule is CCC(CC)(C(N)(N)O)C(CCCCCC(c1ccccc1)(c1ccccc1)c1ccccc1)(Cc1ccccc1)Cc1ccccc1. The molecule has 3 heteroatoms. The first-order chi connectivity index (χ1) is 23.3. The average molecular weight is 639 g/mol. The van der Waals surface area contributed by atoms with Crippen molar-refractivity contribution in [2.24, 2.45) is 22.3 Å². The van der Waals surface area contributed by atoms with Crippen molar-refractivity contribution in [2.75, 3.05) is 0 Å². The number of rotatable bonds is 17. The molecule has 0 spiro atoms. The van der Waals surface area contributed by atoms with Crippen LogP contribution in [0.25, 0.3) is 0 Å². The van der Waals surface area contributed by atoms with Crippen LogP contribution in [0.4, 0.5) is 0 Å². The zero-order valence-corrected chi connectivity index (χ0v) is 28.9. The van der Waals surface area contributed by atoms with Gasteiger partial charge >= 0.3 is 0 Å². The molecule has 0 fully saturated rings. The lowest BCUT2D eigenvalue weighted by Crippen LogP contribution is -2.69. The minimum absolute atomic E-state index is 0.264. The first-order valence-corrected chi connectivity index (χ1v) is 17.8. The fraction of sp³-hybridized carbons (Fsp3) is 0.333. The Morgan fingerprint density at radius 2 is 0.792 bits per heavy atom. The third-order valence-corrected chi connectivity index (χ3v) is 11.3. The number of nitrogens with two attached hydrogens (primary N) is 2. The van der Waals surface area contributed by atoms with E-state index in [1.54, 1.807) is 0 Å². The summed E-state index contributed by atoms with van der Waals surface area (Å²) in [6.45, 7) is 4.29. The van der Waals surface area contributed by atoms with E-state index >= 15 is 0 Å². The molecule has 0 bridgehead atoms. The first-order valence-electron chi connectivity index (χ1n) is 17.8. The van der Waals surface area contributed by atoms with Crippen molar-refractivity contribution in [1.29, 1.82) is 0 Å². The highest BCUT2D eigenvalue weighted by Gasteiger charge is 2.57. The Hall–Kier alpha value is -4.02. The summed E-state index contributed by atoms with van der Waals surface area (Å²) >= 11 is 0. The fourth-order valence-corrected chi connectivity index (χ4v) is 8.91. The van der Waals surface area contributed by atoms with E-state index < -0.39 is 11.3 Å². The molecular weight excluding hydrogens is 585 g/mol. The molecule has 3 nitrogen and oxygen atoms in total. The van der Waals surface area contributed by atoms with E-state index in [4.69, 9.17) is 11.5 Å². The summed E-state index contributed by atoms with van der Waals surface area (Å²) in [6.07, 6.45) is 7.96. The van der Waals surface area contributed by atoms with Gasteiger partial charge in [-0.25, -0.2) is 0 Å².